The quantitative estimate of drug-likeness (QED) is 0.844. The first-order chi connectivity index (χ1) is 7.70. The second kappa shape index (κ2) is 4.87. The third-order valence-corrected chi connectivity index (χ3v) is 3.27. The molecule has 1 aromatic rings. The molecule has 0 bridgehead atoms. The average molecular weight is 222 g/mol. The Hall–Kier alpha value is -1.03. The van der Waals surface area contributed by atoms with E-state index in [0.717, 1.165) is 18.2 Å². The molecule has 1 atom stereocenters. The summed E-state index contributed by atoms with van der Waals surface area (Å²) in [5.41, 5.74) is 1.08. The fourth-order valence-electron chi connectivity index (χ4n) is 2.46. The number of nitrogens with zero attached hydrogens (tertiary/aromatic N) is 3. The van der Waals surface area contributed by atoms with Crippen LogP contribution in [0.25, 0.3) is 0 Å². The molecule has 0 aliphatic carbocycles. The van der Waals surface area contributed by atoms with Crippen molar-refractivity contribution < 1.29 is 0 Å². The van der Waals surface area contributed by atoms with Crippen molar-refractivity contribution in [3.63, 3.8) is 0 Å². The number of hydrogen-bond acceptors (Lipinski definition) is 3. The van der Waals surface area contributed by atoms with Gasteiger partial charge in [-0.15, -0.1) is 0 Å². The normalized spacial score (nSPS) is 18.9. The summed E-state index contributed by atoms with van der Waals surface area (Å²) in [5, 5.41) is 3.16. The number of likely N-dealkylation sites (tertiary alicyclic amines) is 1. The van der Waals surface area contributed by atoms with Gasteiger partial charge in [-0.1, -0.05) is 0 Å². The number of anilines is 1. The van der Waals surface area contributed by atoms with Gasteiger partial charge in [0.05, 0.1) is 5.69 Å². The highest BCUT2D eigenvalue weighted by atomic mass is 15.2. The van der Waals surface area contributed by atoms with Crippen LogP contribution in [0.2, 0.25) is 0 Å². The van der Waals surface area contributed by atoms with E-state index in [2.05, 4.69) is 32.9 Å². The Bertz CT molecular complexity index is 339. The Labute approximate surface area is 97.7 Å². The molecule has 2 rings (SSSR count). The number of aryl methyl sites for hydroxylation is 1. The smallest absolute Gasteiger partial charge is 0.203 e. The molecule has 0 aromatic carbocycles. The minimum Gasteiger partial charge on any atom is -0.359 e. The van der Waals surface area contributed by atoms with E-state index in [-0.39, 0.29) is 0 Å². The van der Waals surface area contributed by atoms with Crippen molar-refractivity contribution in [1.29, 1.82) is 0 Å². The number of rotatable bonds is 4. The van der Waals surface area contributed by atoms with Gasteiger partial charge in [0.25, 0.3) is 0 Å². The molecule has 2 heterocycles. The van der Waals surface area contributed by atoms with Crippen LogP contribution in [0.3, 0.4) is 0 Å². The molecule has 16 heavy (non-hydrogen) atoms. The highest BCUT2D eigenvalue weighted by molar-refractivity contribution is 5.28. The van der Waals surface area contributed by atoms with Crippen molar-refractivity contribution in [2.45, 2.75) is 32.7 Å². The molecule has 1 unspecified atom stereocenters. The van der Waals surface area contributed by atoms with Crippen LogP contribution in [0.4, 0.5) is 5.95 Å². The van der Waals surface area contributed by atoms with Gasteiger partial charge < -0.3 is 14.8 Å². The third-order valence-electron chi connectivity index (χ3n) is 3.27. The van der Waals surface area contributed by atoms with E-state index in [1.807, 2.05) is 14.0 Å². The molecule has 0 radical (unpaired) electrons. The van der Waals surface area contributed by atoms with Crippen LogP contribution in [0.1, 0.15) is 31.5 Å². The van der Waals surface area contributed by atoms with Gasteiger partial charge in [-0.2, -0.15) is 0 Å². The molecule has 4 heteroatoms. The molecule has 90 valence electrons. The van der Waals surface area contributed by atoms with Gasteiger partial charge in [-0.05, 0) is 39.8 Å². The Morgan fingerprint density at radius 1 is 1.44 bits per heavy atom. The van der Waals surface area contributed by atoms with Crippen molar-refractivity contribution in [2.75, 3.05) is 32.0 Å². The van der Waals surface area contributed by atoms with Gasteiger partial charge in [0.15, 0.2) is 0 Å². The number of aromatic nitrogens is 2. The van der Waals surface area contributed by atoms with Gasteiger partial charge >= 0.3 is 0 Å². The highest BCUT2D eigenvalue weighted by Crippen LogP contribution is 2.18. The van der Waals surface area contributed by atoms with Crippen molar-refractivity contribution in [2.24, 2.45) is 0 Å². The van der Waals surface area contributed by atoms with Crippen LogP contribution in [0.15, 0.2) is 6.20 Å². The first-order valence-corrected chi connectivity index (χ1v) is 6.16. The van der Waals surface area contributed by atoms with Crippen molar-refractivity contribution in [3.8, 4) is 0 Å². The van der Waals surface area contributed by atoms with E-state index in [0.29, 0.717) is 6.04 Å². The summed E-state index contributed by atoms with van der Waals surface area (Å²) in [7, 11) is 1.93. The van der Waals surface area contributed by atoms with Gasteiger partial charge in [-0.25, -0.2) is 4.98 Å². The first kappa shape index (κ1) is 11.5. The lowest BCUT2D eigenvalue weighted by Gasteiger charge is -2.22. The molecule has 1 N–H and O–H groups in total. The van der Waals surface area contributed by atoms with E-state index in [9.17, 15) is 0 Å². The Morgan fingerprint density at radius 3 is 2.75 bits per heavy atom. The highest BCUT2D eigenvalue weighted by Gasteiger charge is 2.17. The number of imidazole rings is 1. The fourth-order valence-corrected chi connectivity index (χ4v) is 2.46. The minimum absolute atomic E-state index is 0.488. The topological polar surface area (TPSA) is 33.1 Å². The summed E-state index contributed by atoms with van der Waals surface area (Å²) in [5.74, 6) is 0.976. The SMILES string of the molecule is CNc1nc(C)cn1C(C)CN1CCCC1. The lowest BCUT2D eigenvalue weighted by Crippen LogP contribution is -2.27. The van der Waals surface area contributed by atoms with E-state index >= 15 is 0 Å². The van der Waals surface area contributed by atoms with Gasteiger partial charge in [0.1, 0.15) is 0 Å². The zero-order chi connectivity index (χ0) is 11.5. The summed E-state index contributed by atoms with van der Waals surface area (Å²) in [4.78, 5) is 7.00. The molecule has 4 nitrogen and oxygen atoms in total. The number of hydrogen-bond donors (Lipinski definition) is 1. The van der Waals surface area contributed by atoms with Crippen LogP contribution in [-0.4, -0.2) is 41.1 Å². The predicted molar refractivity (Wildman–Crippen MR) is 66.9 cm³/mol. The Morgan fingerprint density at radius 2 is 2.12 bits per heavy atom. The van der Waals surface area contributed by atoms with E-state index < -0.39 is 0 Å². The van der Waals surface area contributed by atoms with E-state index in [1.54, 1.807) is 0 Å². The van der Waals surface area contributed by atoms with Gasteiger partial charge in [0, 0.05) is 25.8 Å². The largest absolute Gasteiger partial charge is 0.359 e. The summed E-state index contributed by atoms with van der Waals surface area (Å²) in [6.45, 7) is 7.95. The molecule has 0 amide bonds. The monoisotopic (exact) mass is 222 g/mol. The maximum Gasteiger partial charge on any atom is 0.203 e. The minimum atomic E-state index is 0.488. The van der Waals surface area contributed by atoms with E-state index in [4.69, 9.17) is 0 Å². The Kier molecular flexibility index (Phi) is 3.49. The van der Waals surface area contributed by atoms with Crippen LogP contribution < -0.4 is 5.32 Å². The van der Waals surface area contributed by atoms with Crippen LogP contribution in [0, 0.1) is 6.92 Å². The van der Waals surface area contributed by atoms with Crippen molar-refractivity contribution in [3.05, 3.63) is 11.9 Å². The summed E-state index contributed by atoms with van der Waals surface area (Å²) < 4.78 is 2.24. The first-order valence-electron chi connectivity index (χ1n) is 6.16. The lowest BCUT2D eigenvalue weighted by molar-refractivity contribution is 0.289. The molecular weight excluding hydrogens is 200 g/mol. The molecule has 0 spiro atoms. The molecule has 1 aromatic heterocycles. The van der Waals surface area contributed by atoms with Gasteiger partial charge in [0.2, 0.25) is 5.95 Å². The zero-order valence-electron chi connectivity index (χ0n) is 10.5. The standard InChI is InChI=1S/C12H22N4/c1-10-8-16(12(13-3)14-10)11(2)9-15-6-4-5-7-15/h8,11H,4-7,9H2,1-3H3,(H,13,14). The fraction of sp³-hybridized carbons (Fsp3) is 0.750. The second-order valence-electron chi connectivity index (χ2n) is 4.72. The van der Waals surface area contributed by atoms with Crippen molar-refractivity contribution >= 4 is 5.95 Å². The maximum atomic E-state index is 4.46. The predicted octanol–water partition coefficient (Wildman–Crippen LogP) is 1.89. The second-order valence-corrected chi connectivity index (χ2v) is 4.72. The zero-order valence-corrected chi connectivity index (χ0v) is 10.5. The maximum absolute atomic E-state index is 4.46. The van der Waals surface area contributed by atoms with Crippen LogP contribution in [0.5, 0.6) is 0 Å². The summed E-state index contributed by atoms with van der Waals surface area (Å²) >= 11 is 0. The summed E-state index contributed by atoms with van der Waals surface area (Å²) in [6, 6.07) is 0.488. The molecular formula is C12H22N4. The molecule has 1 saturated heterocycles. The van der Waals surface area contributed by atoms with E-state index in [1.165, 1.54) is 25.9 Å². The lowest BCUT2D eigenvalue weighted by atomic mass is 10.3. The van der Waals surface area contributed by atoms with Crippen molar-refractivity contribution in [1.82, 2.24) is 14.5 Å². The number of nitrogens with one attached hydrogen (secondary N) is 1. The summed E-state index contributed by atoms with van der Waals surface area (Å²) in [6.07, 6.45) is 4.84. The third kappa shape index (κ3) is 2.38. The molecule has 0 saturated carbocycles. The van der Waals surface area contributed by atoms with Crippen LogP contribution >= 0.6 is 0 Å². The molecule has 1 fully saturated rings. The van der Waals surface area contributed by atoms with Gasteiger partial charge in [-0.3, -0.25) is 0 Å². The average Bonchev–Trinajstić information content (AvgIpc) is 2.86. The molecule has 1 aliphatic rings. The van der Waals surface area contributed by atoms with Crippen LogP contribution in [-0.2, 0) is 0 Å². The Balaban J connectivity index is 2.03. The molecule has 1 aliphatic heterocycles.